The molecule has 0 fully saturated rings. The van der Waals surface area contributed by atoms with E-state index in [1.165, 1.54) is 19.5 Å². The SMILES string of the molecule is CCOc1ccc(-c2cncc(C(=O)NCCc3cc(OC)cnc3F)n2)cn1. The zero-order chi connectivity index (χ0) is 20.6. The first-order valence-corrected chi connectivity index (χ1v) is 8.98. The van der Waals surface area contributed by atoms with Crippen molar-refractivity contribution in [2.45, 2.75) is 13.3 Å². The smallest absolute Gasteiger partial charge is 0.271 e. The topological polar surface area (TPSA) is 99.1 Å². The molecule has 9 heteroatoms. The summed E-state index contributed by atoms with van der Waals surface area (Å²) in [4.78, 5) is 28.6. The Hall–Kier alpha value is -3.62. The molecule has 0 aliphatic rings. The number of hydrogen-bond donors (Lipinski definition) is 1. The molecule has 0 saturated heterocycles. The summed E-state index contributed by atoms with van der Waals surface area (Å²) in [5.41, 5.74) is 1.72. The van der Waals surface area contributed by atoms with Gasteiger partial charge in [-0.3, -0.25) is 9.78 Å². The molecule has 0 bridgehead atoms. The van der Waals surface area contributed by atoms with Gasteiger partial charge in [-0.15, -0.1) is 0 Å². The molecule has 3 aromatic rings. The molecule has 0 unspecified atom stereocenters. The molecule has 0 aliphatic carbocycles. The average Bonchev–Trinajstić information content (AvgIpc) is 2.76. The lowest BCUT2D eigenvalue weighted by Gasteiger charge is -2.08. The molecule has 0 aliphatic heterocycles. The predicted molar refractivity (Wildman–Crippen MR) is 103 cm³/mol. The Bertz CT molecular complexity index is 982. The van der Waals surface area contributed by atoms with Gasteiger partial charge in [0.05, 0.1) is 38.0 Å². The van der Waals surface area contributed by atoms with Crippen molar-refractivity contribution in [2.24, 2.45) is 0 Å². The maximum absolute atomic E-state index is 13.8. The van der Waals surface area contributed by atoms with Crippen molar-refractivity contribution in [3.63, 3.8) is 0 Å². The van der Waals surface area contributed by atoms with Crippen molar-refractivity contribution in [1.82, 2.24) is 25.3 Å². The summed E-state index contributed by atoms with van der Waals surface area (Å²) in [5, 5.41) is 2.70. The van der Waals surface area contributed by atoms with Crippen LogP contribution < -0.4 is 14.8 Å². The van der Waals surface area contributed by atoms with Crippen molar-refractivity contribution in [2.75, 3.05) is 20.3 Å². The van der Waals surface area contributed by atoms with E-state index in [0.29, 0.717) is 35.1 Å². The first kappa shape index (κ1) is 20.1. The van der Waals surface area contributed by atoms with Crippen molar-refractivity contribution in [3.05, 3.63) is 60.2 Å². The minimum Gasteiger partial charge on any atom is -0.495 e. The number of hydrogen-bond acceptors (Lipinski definition) is 7. The van der Waals surface area contributed by atoms with E-state index in [-0.39, 0.29) is 18.7 Å². The minimum absolute atomic E-state index is 0.153. The number of rotatable bonds is 8. The third kappa shape index (κ3) is 5.22. The van der Waals surface area contributed by atoms with Crippen LogP contribution in [-0.4, -0.2) is 46.1 Å². The minimum atomic E-state index is -0.593. The van der Waals surface area contributed by atoms with Gasteiger partial charge in [0.15, 0.2) is 0 Å². The second-order valence-electron chi connectivity index (χ2n) is 5.94. The maximum Gasteiger partial charge on any atom is 0.271 e. The average molecular weight is 397 g/mol. The Kier molecular flexibility index (Phi) is 6.62. The molecule has 29 heavy (non-hydrogen) atoms. The summed E-state index contributed by atoms with van der Waals surface area (Å²) in [7, 11) is 1.48. The van der Waals surface area contributed by atoms with E-state index in [0.717, 1.165) is 0 Å². The third-order valence-corrected chi connectivity index (χ3v) is 3.99. The summed E-state index contributed by atoms with van der Waals surface area (Å²) in [6, 6.07) is 5.07. The van der Waals surface area contributed by atoms with Gasteiger partial charge in [-0.1, -0.05) is 0 Å². The largest absolute Gasteiger partial charge is 0.495 e. The maximum atomic E-state index is 13.8. The van der Waals surface area contributed by atoms with E-state index in [1.54, 1.807) is 30.6 Å². The van der Waals surface area contributed by atoms with Gasteiger partial charge in [-0.25, -0.2) is 15.0 Å². The highest BCUT2D eigenvalue weighted by atomic mass is 19.1. The van der Waals surface area contributed by atoms with E-state index in [9.17, 15) is 9.18 Å². The molecular weight excluding hydrogens is 377 g/mol. The Morgan fingerprint density at radius 3 is 2.76 bits per heavy atom. The first-order valence-electron chi connectivity index (χ1n) is 8.98. The van der Waals surface area contributed by atoms with Crippen LogP contribution in [0.15, 0.2) is 43.0 Å². The van der Waals surface area contributed by atoms with Crippen LogP contribution in [0.1, 0.15) is 23.0 Å². The fourth-order valence-electron chi connectivity index (χ4n) is 2.54. The van der Waals surface area contributed by atoms with Crippen LogP contribution in [-0.2, 0) is 6.42 Å². The van der Waals surface area contributed by atoms with Gasteiger partial charge in [0.25, 0.3) is 5.91 Å². The highest BCUT2D eigenvalue weighted by molar-refractivity contribution is 5.92. The van der Waals surface area contributed by atoms with Crippen LogP contribution in [0.4, 0.5) is 4.39 Å². The Morgan fingerprint density at radius 1 is 1.17 bits per heavy atom. The predicted octanol–water partition coefficient (Wildman–Crippen LogP) is 2.45. The van der Waals surface area contributed by atoms with Crippen molar-refractivity contribution >= 4 is 5.91 Å². The highest BCUT2D eigenvalue weighted by Gasteiger charge is 2.11. The molecule has 3 heterocycles. The number of amides is 1. The Morgan fingerprint density at radius 2 is 2.03 bits per heavy atom. The molecule has 150 valence electrons. The molecule has 0 aromatic carbocycles. The summed E-state index contributed by atoms with van der Waals surface area (Å²) in [5.74, 6) is -0.0352. The van der Waals surface area contributed by atoms with Crippen molar-refractivity contribution < 1.29 is 18.7 Å². The highest BCUT2D eigenvalue weighted by Crippen LogP contribution is 2.18. The van der Waals surface area contributed by atoms with Gasteiger partial charge in [-0.05, 0) is 25.5 Å². The molecule has 1 N–H and O–H groups in total. The molecule has 3 rings (SSSR count). The number of methoxy groups -OCH3 is 1. The van der Waals surface area contributed by atoms with Gasteiger partial charge in [-0.2, -0.15) is 4.39 Å². The van der Waals surface area contributed by atoms with Crippen LogP contribution >= 0.6 is 0 Å². The lowest BCUT2D eigenvalue weighted by molar-refractivity contribution is 0.0948. The summed E-state index contributed by atoms with van der Waals surface area (Å²) < 4.78 is 24.1. The van der Waals surface area contributed by atoms with Gasteiger partial charge in [0.1, 0.15) is 11.4 Å². The van der Waals surface area contributed by atoms with E-state index >= 15 is 0 Å². The molecular formula is C20H20FN5O3. The molecule has 0 saturated carbocycles. The number of pyridine rings is 2. The van der Waals surface area contributed by atoms with Crippen LogP contribution in [0.3, 0.4) is 0 Å². The van der Waals surface area contributed by atoms with Crippen molar-refractivity contribution in [3.8, 4) is 22.9 Å². The zero-order valence-corrected chi connectivity index (χ0v) is 16.1. The van der Waals surface area contributed by atoms with Gasteiger partial charge in [0, 0.05) is 29.9 Å². The summed E-state index contributed by atoms with van der Waals surface area (Å²) in [6.07, 6.45) is 6.08. The second-order valence-corrected chi connectivity index (χ2v) is 5.94. The quantitative estimate of drug-likeness (QED) is 0.583. The standard InChI is InChI=1S/C20H20FN5O3/c1-3-29-18-5-4-14(9-24-18)16-11-22-12-17(26-16)20(27)23-7-6-13-8-15(28-2)10-25-19(13)21/h4-5,8-12H,3,6-7H2,1-2H3,(H,23,27). The van der Waals surface area contributed by atoms with Crippen LogP contribution in [0.25, 0.3) is 11.3 Å². The lowest BCUT2D eigenvalue weighted by atomic mass is 10.2. The second kappa shape index (κ2) is 9.54. The van der Waals surface area contributed by atoms with Crippen molar-refractivity contribution in [1.29, 1.82) is 0 Å². The Balaban J connectivity index is 1.63. The number of ether oxygens (including phenoxy) is 2. The van der Waals surface area contributed by atoms with Gasteiger partial charge in [0.2, 0.25) is 11.8 Å². The van der Waals surface area contributed by atoms with E-state index in [1.807, 2.05) is 6.92 Å². The normalized spacial score (nSPS) is 10.4. The van der Waals surface area contributed by atoms with Gasteiger partial charge >= 0.3 is 0 Å². The van der Waals surface area contributed by atoms with Crippen LogP contribution in [0.5, 0.6) is 11.6 Å². The molecule has 1 amide bonds. The molecule has 8 nitrogen and oxygen atoms in total. The number of carbonyl (C=O) groups excluding carboxylic acids is 1. The number of aromatic nitrogens is 4. The van der Waals surface area contributed by atoms with Gasteiger partial charge < -0.3 is 14.8 Å². The molecule has 0 spiro atoms. The molecule has 3 aromatic heterocycles. The number of halogens is 1. The molecule has 0 radical (unpaired) electrons. The van der Waals surface area contributed by atoms with E-state index in [4.69, 9.17) is 9.47 Å². The van der Waals surface area contributed by atoms with Crippen LogP contribution in [0, 0.1) is 5.95 Å². The van der Waals surface area contributed by atoms with Crippen LogP contribution in [0.2, 0.25) is 0 Å². The summed E-state index contributed by atoms with van der Waals surface area (Å²) >= 11 is 0. The molecule has 0 atom stereocenters. The van der Waals surface area contributed by atoms with E-state index < -0.39 is 11.9 Å². The Labute approximate surface area is 167 Å². The number of nitrogens with one attached hydrogen (secondary N) is 1. The first-order chi connectivity index (χ1) is 14.1. The van der Waals surface area contributed by atoms with E-state index in [2.05, 4.69) is 25.3 Å². The number of carbonyl (C=O) groups is 1. The lowest BCUT2D eigenvalue weighted by Crippen LogP contribution is -2.27. The monoisotopic (exact) mass is 397 g/mol. The third-order valence-electron chi connectivity index (χ3n) is 3.99. The number of nitrogens with zero attached hydrogens (tertiary/aromatic N) is 4. The fourth-order valence-corrected chi connectivity index (χ4v) is 2.54. The summed E-state index contributed by atoms with van der Waals surface area (Å²) in [6.45, 7) is 2.61. The zero-order valence-electron chi connectivity index (χ0n) is 16.1. The fraction of sp³-hybridized carbons (Fsp3) is 0.250.